The highest BCUT2D eigenvalue weighted by atomic mass is 79.9. The van der Waals surface area contributed by atoms with Crippen LogP contribution in [0.2, 0.25) is 0 Å². The van der Waals surface area contributed by atoms with E-state index in [9.17, 15) is 9.59 Å². The molecule has 7 heteroatoms. The summed E-state index contributed by atoms with van der Waals surface area (Å²) < 4.78 is 6.25. The first-order valence-corrected chi connectivity index (χ1v) is 8.09. The van der Waals surface area contributed by atoms with Crippen LogP contribution in [0, 0.1) is 0 Å². The summed E-state index contributed by atoms with van der Waals surface area (Å²) in [6, 6.07) is 1.26. The number of carbonyl (C=O) groups excluding carboxylic acids is 2. The van der Waals surface area contributed by atoms with E-state index in [-0.39, 0.29) is 24.5 Å². The number of rotatable bonds is 3. The van der Waals surface area contributed by atoms with Crippen molar-refractivity contribution in [1.82, 2.24) is 10.2 Å². The van der Waals surface area contributed by atoms with Gasteiger partial charge in [-0.2, -0.15) is 0 Å². The summed E-state index contributed by atoms with van der Waals surface area (Å²) >= 11 is 4.80. The first-order valence-electron chi connectivity index (χ1n) is 6.42. The summed E-state index contributed by atoms with van der Waals surface area (Å²) in [5, 5.41) is 4.63. The zero-order chi connectivity index (χ0) is 14.7. The van der Waals surface area contributed by atoms with E-state index in [4.69, 9.17) is 4.74 Å². The van der Waals surface area contributed by atoms with Crippen LogP contribution in [0.15, 0.2) is 15.2 Å². The van der Waals surface area contributed by atoms with Gasteiger partial charge < -0.3 is 15.0 Å². The summed E-state index contributed by atoms with van der Waals surface area (Å²) in [4.78, 5) is 26.3. The molecule has 1 aliphatic heterocycles. The Morgan fingerprint density at radius 2 is 2.30 bits per heavy atom. The second kappa shape index (κ2) is 6.69. The van der Waals surface area contributed by atoms with Gasteiger partial charge in [0.05, 0.1) is 22.6 Å². The van der Waals surface area contributed by atoms with Crippen molar-refractivity contribution in [2.75, 3.05) is 19.8 Å². The maximum Gasteiger partial charge on any atom is 0.255 e. The minimum absolute atomic E-state index is 0.0386. The predicted octanol–water partition coefficient (Wildman–Crippen LogP) is 1.88. The maximum atomic E-state index is 12.5. The van der Waals surface area contributed by atoms with Crippen molar-refractivity contribution in [3.63, 3.8) is 0 Å². The first-order chi connectivity index (χ1) is 9.49. The van der Waals surface area contributed by atoms with Crippen LogP contribution in [0.3, 0.4) is 0 Å². The smallest absolute Gasteiger partial charge is 0.255 e. The van der Waals surface area contributed by atoms with Crippen molar-refractivity contribution in [2.45, 2.75) is 25.9 Å². The molecule has 0 aliphatic carbocycles. The van der Waals surface area contributed by atoms with E-state index in [2.05, 4.69) is 21.2 Å². The molecule has 2 heterocycles. The maximum absolute atomic E-state index is 12.5. The molecule has 0 spiro atoms. The third-order valence-electron chi connectivity index (χ3n) is 2.94. The number of hydrogen-bond donors (Lipinski definition) is 1. The number of nitrogens with zero attached hydrogens (tertiary/aromatic N) is 1. The lowest BCUT2D eigenvalue weighted by Crippen LogP contribution is -2.56. The van der Waals surface area contributed by atoms with Gasteiger partial charge in [-0.15, -0.1) is 11.3 Å². The Kier molecular flexibility index (Phi) is 5.17. The molecule has 5 nitrogen and oxygen atoms in total. The molecule has 1 unspecified atom stereocenters. The quantitative estimate of drug-likeness (QED) is 0.894. The van der Waals surface area contributed by atoms with Crippen molar-refractivity contribution in [3.8, 4) is 0 Å². The first kappa shape index (κ1) is 15.5. The summed E-state index contributed by atoms with van der Waals surface area (Å²) in [7, 11) is 0. The Morgan fingerprint density at radius 1 is 1.55 bits per heavy atom. The lowest BCUT2D eigenvalue weighted by molar-refractivity contribution is -0.131. The minimum atomic E-state index is -0.558. The predicted molar refractivity (Wildman–Crippen MR) is 80.9 cm³/mol. The molecule has 2 rings (SSSR count). The molecule has 1 N–H and O–H groups in total. The van der Waals surface area contributed by atoms with E-state index < -0.39 is 6.04 Å². The Bertz CT molecular complexity index is 504. The van der Waals surface area contributed by atoms with Crippen molar-refractivity contribution in [1.29, 1.82) is 0 Å². The molecule has 20 heavy (non-hydrogen) atoms. The van der Waals surface area contributed by atoms with E-state index in [1.54, 1.807) is 16.3 Å². The van der Waals surface area contributed by atoms with Crippen LogP contribution in [-0.4, -0.2) is 48.6 Å². The van der Waals surface area contributed by atoms with Crippen LogP contribution in [0.25, 0.3) is 0 Å². The van der Waals surface area contributed by atoms with Gasteiger partial charge in [-0.1, -0.05) is 0 Å². The topological polar surface area (TPSA) is 58.6 Å². The van der Waals surface area contributed by atoms with E-state index >= 15 is 0 Å². The number of carbonyl (C=O) groups is 2. The second-order valence-electron chi connectivity index (χ2n) is 4.89. The Morgan fingerprint density at radius 3 is 2.90 bits per heavy atom. The molecule has 1 aromatic heterocycles. The Labute approximate surface area is 130 Å². The van der Waals surface area contributed by atoms with Crippen LogP contribution < -0.4 is 5.32 Å². The molecule has 1 atom stereocenters. The largest absolute Gasteiger partial charge is 0.377 e. The fourth-order valence-electron chi connectivity index (χ4n) is 2.03. The average Bonchev–Trinajstić information content (AvgIpc) is 2.84. The zero-order valence-corrected chi connectivity index (χ0v) is 13.8. The van der Waals surface area contributed by atoms with Gasteiger partial charge in [-0.25, -0.2) is 0 Å². The standard InChI is InChI=1S/C13H17BrN2O3S/c1-8(2)15-12(17)10-6-19-4-3-16(10)13(18)9-5-11(14)20-7-9/h5,7-8,10H,3-4,6H2,1-2H3,(H,15,17). The summed E-state index contributed by atoms with van der Waals surface area (Å²) in [6.07, 6.45) is 0. The normalized spacial score (nSPS) is 19.2. The van der Waals surface area contributed by atoms with Gasteiger partial charge in [-0.3, -0.25) is 9.59 Å². The summed E-state index contributed by atoms with van der Waals surface area (Å²) in [6.45, 7) is 4.92. The van der Waals surface area contributed by atoms with Crippen LogP contribution in [0.5, 0.6) is 0 Å². The van der Waals surface area contributed by atoms with Gasteiger partial charge >= 0.3 is 0 Å². The molecular weight excluding hydrogens is 344 g/mol. The second-order valence-corrected chi connectivity index (χ2v) is 7.18. The molecule has 1 aromatic rings. The van der Waals surface area contributed by atoms with Gasteiger partial charge in [0.1, 0.15) is 6.04 Å². The molecule has 0 saturated carbocycles. The number of hydrogen-bond acceptors (Lipinski definition) is 4. The van der Waals surface area contributed by atoms with Crippen LogP contribution in [0.1, 0.15) is 24.2 Å². The zero-order valence-electron chi connectivity index (χ0n) is 11.4. The number of nitrogens with one attached hydrogen (secondary N) is 1. The number of amides is 2. The molecule has 2 amide bonds. The number of thiophene rings is 1. The van der Waals surface area contributed by atoms with Crippen LogP contribution in [-0.2, 0) is 9.53 Å². The van der Waals surface area contributed by atoms with Gasteiger partial charge in [0.15, 0.2) is 0 Å². The highest BCUT2D eigenvalue weighted by molar-refractivity contribution is 9.11. The van der Waals surface area contributed by atoms with Gasteiger partial charge in [-0.05, 0) is 35.8 Å². The van der Waals surface area contributed by atoms with E-state index in [0.29, 0.717) is 18.7 Å². The molecule has 0 bridgehead atoms. The number of ether oxygens (including phenoxy) is 1. The lowest BCUT2D eigenvalue weighted by Gasteiger charge is -2.34. The third kappa shape index (κ3) is 3.59. The highest BCUT2D eigenvalue weighted by Crippen LogP contribution is 2.23. The lowest BCUT2D eigenvalue weighted by atomic mass is 10.1. The molecule has 1 fully saturated rings. The fraction of sp³-hybridized carbons (Fsp3) is 0.538. The monoisotopic (exact) mass is 360 g/mol. The van der Waals surface area contributed by atoms with Gasteiger partial charge in [0.2, 0.25) is 5.91 Å². The third-order valence-corrected chi connectivity index (χ3v) is 4.44. The number of halogens is 1. The highest BCUT2D eigenvalue weighted by Gasteiger charge is 2.33. The van der Waals surface area contributed by atoms with E-state index in [0.717, 1.165) is 3.79 Å². The Hall–Kier alpha value is -0.920. The van der Waals surface area contributed by atoms with Crippen LogP contribution in [0.4, 0.5) is 0 Å². The molecule has 1 aliphatic rings. The van der Waals surface area contributed by atoms with Gasteiger partial charge in [0, 0.05) is 18.0 Å². The van der Waals surface area contributed by atoms with Crippen LogP contribution >= 0.6 is 27.3 Å². The van der Waals surface area contributed by atoms with Gasteiger partial charge in [0.25, 0.3) is 5.91 Å². The molecule has 0 aromatic carbocycles. The van der Waals surface area contributed by atoms with Crippen molar-refractivity contribution in [2.24, 2.45) is 0 Å². The fourth-order valence-corrected chi connectivity index (χ4v) is 3.16. The summed E-state index contributed by atoms with van der Waals surface area (Å²) in [5.41, 5.74) is 0.603. The van der Waals surface area contributed by atoms with Crippen molar-refractivity contribution < 1.29 is 14.3 Å². The van der Waals surface area contributed by atoms with Crippen molar-refractivity contribution >= 4 is 39.1 Å². The number of morpholine rings is 1. The molecule has 1 saturated heterocycles. The van der Waals surface area contributed by atoms with E-state index in [1.807, 2.05) is 13.8 Å². The van der Waals surface area contributed by atoms with E-state index in [1.165, 1.54) is 11.3 Å². The molecule has 0 radical (unpaired) electrons. The molecular formula is C13H17BrN2O3S. The molecule has 110 valence electrons. The Balaban J connectivity index is 2.14. The SMILES string of the molecule is CC(C)NC(=O)C1COCCN1C(=O)c1csc(Br)c1. The summed E-state index contributed by atoms with van der Waals surface area (Å²) in [5.74, 6) is -0.290. The minimum Gasteiger partial charge on any atom is -0.377 e. The van der Waals surface area contributed by atoms with Crippen molar-refractivity contribution in [3.05, 3.63) is 20.8 Å². The average molecular weight is 361 g/mol.